The Hall–Kier alpha value is -1.10. The van der Waals surface area contributed by atoms with Gasteiger partial charge in [-0.15, -0.1) is 0 Å². The maximum Gasteiger partial charge on any atom is 0.228 e. The second kappa shape index (κ2) is 3.81. The fraction of sp³-hybridized carbons (Fsp3) is 0.300. The topological polar surface area (TPSA) is 75.3 Å². The number of carbonyl (C=O) groups is 1. The van der Waals surface area contributed by atoms with Crippen LogP contribution in [0.4, 0.5) is 5.69 Å². The summed E-state index contributed by atoms with van der Waals surface area (Å²) in [5.41, 5.74) is 7.46. The number of carbonyl (C=O) groups excluding carboxylic acids is 1. The molecular formula is C10H11ClN2O2. The van der Waals surface area contributed by atoms with Crippen LogP contribution in [0.15, 0.2) is 12.1 Å². The lowest BCUT2D eigenvalue weighted by Gasteiger charge is -2.11. The van der Waals surface area contributed by atoms with Crippen LogP contribution in [0.5, 0.6) is 0 Å². The highest BCUT2D eigenvalue weighted by Gasteiger charge is 2.22. The number of amides is 1. The highest BCUT2D eigenvalue weighted by molar-refractivity contribution is 6.34. The van der Waals surface area contributed by atoms with Crippen molar-refractivity contribution in [3.8, 4) is 0 Å². The third-order valence-corrected chi connectivity index (χ3v) is 2.72. The van der Waals surface area contributed by atoms with Crippen molar-refractivity contribution in [1.29, 1.82) is 0 Å². The molecule has 4 N–H and O–H groups in total. The van der Waals surface area contributed by atoms with Crippen molar-refractivity contribution in [2.45, 2.75) is 12.5 Å². The van der Waals surface area contributed by atoms with E-state index in [2.05, 4.69) is 5.32 Å². The summed E-state index contributed by atoms with van der Waals surface area (Å²) in [6.07, 6.45) is -0.427. The van der Waals surface area contributed by atoms with Gasteiger partial charge in [-0.2, -0.15) is 0 Å². The van der Waals surface area contributed by atoms with Gasteiger partial charge in [0, 0.05) is 6.54 Å². The van der Waals surface area contributed by atoms with Crippen LogP contribution in [-0.2, 0) is 11.2 Å². The molecule has 0 radical (unpaired) electrons. The molecule has 0 bridgehead atoms. The summed E-state index contributed by atoms with van der Waals surface area (Å²) in [6, 6.07) is 3.39. The highest BCUT2D eigenvalue weighted by atomic mass is 35.5. The molecule has 0 saturated heterocycles. The Morgan fingerprint density at radius 2 is 2.33 bits per heavy atom. The van der Waals surface area contributed by atoms with Crippen molar-refractivity contribution >= 4 is 23.2 Å². The van der Waals surface area contributed by atoms with Gasteiger partial charge in [0.2, 0.25) is 5.91 Å². The number of fused-ring (bicyclic) bond motifs is 1. The first-order valence-electron chi connectivity index (χ1n) is 4.62. The SMILES string of the molecule is NC[C@@H](O)c1cc(Cl)c2c(c1)CC(=O)N2. The maximum absolute atomic E-state index is 11.1. The number of aliphatic hydroxyl groups excluding tert-OH is 1. The number of hydrogen-bond acceptors (Lipinski definition) is 3. The standard InChI is InChI=1S/C10H11ClN2O2/c11-7-2-5(8(14)4-12)1-6-3-9(15)13-10(6)7/h1-2,8,14H,3-4,12H2,(H,13,15)/t8-/m1/s1. The molecule has 1 aromatic carbocycles. The molecule has 1 heterocycles. The summed E-state index contributed by atoms with van der Waals surface area (Å²) >= 11 is 5.97. The number of anilines is 1. The van der Waals surface area contributed by atoms with Crippen LogP contribution < -0.4 is 11.1 Å². The summed E-state index contributed by atoms with van der Waals surface area (Å²) in [5, 5.41) is 12.7. The van der Waals surface area contributed by atoms with Crippen molar-refractivity contribution in [3.05, 3.63) is 28.3 Å². The number of benzene rings is 1. The van der Waals surface area contributed by atoms with Crippen molar-refractivity contribution in [2.75, 3.05) is 11.9 Å². The Morgan fingerprint density at radius 1 is 1.60 bits per heavy atom. The monoisotopic (exact) mass is 226 g/mol. The average molecular weight is 227 g/mol. The summed E-state index contributed by atoms with van der Waals surface area (Å²) in [4.78, 5) is 11.1. The molecule has 1 aliphatic rings. The molecule has 1 aromatic rings. The second-order valence-corrected chi connectivity index (χ2v) is 3.92. The molecule has 5 heteroatoms. The summed E-state index contributed by atoms with van der Waals surface area (Å²) in [7, 11) is 0. The minimum absolute atomic E-state index is 0.0775. The molecule has 0 aliphatic carbocycles. The number of rotatable bonds is 2. The van der Waals surface area contributed by atoms with E-state index in [4.69, 9.17) is 17.3 Å². The van der Waals surface area contributed by atoms with Crippen molar-refractivity contribution in [2.24, 2.45) is 5.73 Å². The van der Waals surface area contributed by atoms with Gasteiger partial charge >= 0.3 is 0 Å². The second-order valence-electron chi connectivity index (χ2n) is 3.51. The normalized spacial score (nSPS) is 16.1. The van der Waals surface area contributed by atoms with Crippen LogP contribution in [0.3, 0.4) is 0 Å². The zero-order valence-electron chi connectivity index (χ0n) is 7.96. The Labute approximate surface area is 92.0 Å². The lowest BCUT2D eigenvalue weighted by Crippen LogP contribution is -2.11. The fourth-order valence-corrected chi connectivity index (χ4v) is 1.95. The van der Waals surface area contributed by atoms with Crippen molar-refractivity contribution in [3.63, 3.8) is 0 Å². The van der Waals surface area contributed by atoms with E-state index in [0.717, 1.165) is 5.56 Å². The van der Waals surface area contributed by atoms with Crippen LogP contribution in [0.1, 0.15) is 17.2 Å². The number of aliphatic hydroxyl groups is 1. The zero-order chi connectivity index (χ0) is 11.0. The third-order valence-electron chi connectivity index (χ3n) is 2.42. The molecule has 0 spiro atoms. The van der Waals surface area contributed by atoms with Crippen LogP contribution in [-0.4, -0.2) is 17.6 Å². The van der Waals surface area contributed by atoms with E-state index in [1.807, 2.05) is 0 Å². The number of halogens is 1. The number of nitrogens with one attached hydrogen (secondary N) is 1. The summed E-state index contributed by atoms with van der Waals surface area (Å²) in [5.74, 6) is -0.0775. The number of hydrogen-bond donors (Lipinski definition) is 3. The van der Waals surface area contributed by atoms with Crippen molar-refractivity contribution in [1.82, 2.24) is 0 Å². The molecule has 1 atom stereocenters. The van der Waals surface area contributed by atoms with E-state index in [9.17, 15) is 9.90 Å². The smallest absolute Gasteiger partial charge is 0.228 e. The summed E-state index contributed by atoms with van der Waals surface area (Å²) in [6.45, 7) is 0.135. The molecule has 1 aliphatic heterocycles. The van der Waals surface area contributed by atoms with E-state index in [0.29, 0.717) is 22.7 Å². The van der Waals surface area contributed by atoms with Gasteiger partial charge in [0.05, 0.1) is 23.2 Å². The molecule has 80 valence electrons. The molecule has 1 amide bonds. The minimum atomic E-state index is -0.733. The van der Waals surface area contributed by atoms with Crippen LogP contribution in [0.25, 0.3) is 0 Å². The van der Waals surface area contributed by atoms with Gasteiger partial charge in [-0.05, 0) is 17.2 Å². The largest absolute Gasteiger partial charge is 0.387 e. The Bertz CT molecular complexity index is 420. The first kappa shape index (κ1) is 10.4. The van der Waals surface area contributed by atoms with E-state index in [1.165, 1.54) is 0 Å². The number of nitrogens with two attached hydrogens (primary N) is 1. The molecule has 4 nitrogen and oxygen atoms in total. The van der Waals surface area contributed by atoms with Gasteiger partial charge < -0.3 is 16.2 Å². The van der Waals surface area contributed by atoms with E-state index in [1.54, 1.807) is 12.1 Å². The first-order valence-corrected chi connectivity index (χ1v) is 5.00. The van der Waals surface area contributed by atoms with Gasteiger partial charge in [-0.1, -0.05) is 17.7 Å². The highest BCUT2D eigenvalue weighted by Crippen LogP contribution is 2.33. The Morgan fingerprint density at radius 3 is 3.00 bits per heavy atom. The Kier molecular flexibility index (Phi) is 2.65. The van der Waals surface area contributed by atoms with Crippen LogP contribution >= 0.6 is 11.6 Å². The van der Waals surface area contributed by atoms with Crippen LogP contribution in [0.2, 0.25) is 5.02 Å². The van der Waals surface area contributed by atoms with E-state index < -0.39 is 6.10 Å². The lowest BCUT2D eigenvalue weighted by molar-refractivity contribution is -0.115. The van der Waals surface area contributed by atoms with Gasteiger partial charge in [0.25, 0.3) is 0 Å². The molecule has 0 unspecified atom stereocenters. The molecule has 0 aromatic heterocycles. The first-order chi connectivity index (χ1) is 7.11. The lowest BCUT2D eigenvalue weighted by atomic mass is 10.0. The van der Waals surface area contributed by atoms with Gasteiger partial charge in [0.1, 0.15) is 0 Å². The average Bonchev–Trinajstić information content (AvgIpc) is 2.58. The predicted molar refractivity (Wildman–Crippen MR) is 57.8 cm³/mol. The van der Waals surface area contributed by atoms with Gasteiger partial charge in [-0.25, -0.2) is 0 Å². The van der Waals surface area contributed by atoms with Crippen molar-refractivity contribution < 1.29 is 9.90 Å². The molecule has 2 rings (SSSR count). The van der Waals surface area contributed by atoms with E-state index >= 15 is 0 Å². The van der Waals surface area contributed by atoms with E-state index in [-0.39, 0.29) is 12.5 Å². The minimum Gasteiger partial charge on any atom is -0.387 e. The summed E-state index contributed by atoms with van der Waals surface area (Å²) < 4.78 is 0. The quantitative estimate of drug-likeness (QED) is 0.699. The van der Waals surface area contributed by atoms with Crippen LogP contribution in [0, 0.1) is 0 Å². The molecule has 0 saturated carbocycles. The van der Waals surface area contributed by atoms with Gasteiger partial charge in [-0.3, -0.25) is 4.79 Å². The fourth-order valence-electron chi connectivity index (χ4n) is 1.65. The predicted octanol–water partition coefficient (Wildman–Crippen LogP) is 0.827. The zero-order valence-corrected chi connectivity index (χ0v) is 8.71. The molecule has 0 fully saturated rings. The third kappa shape index (κ3) is 1.84. The molecular weight excluding hydrogens is 216 g/mol. The Balaban J connectivity index is 2.44. The van der Waals surface area contributed by atoms with Gasteiger partial charge in [0.15, 0.2) is 0 Å². The molecule has 15 heavy (non-hydrogen) atoms. The maximum atomic E-state index is 11.1.